The van der Waals surface area contributed by atoms with E-state index in [0.29, 0.717) is 54.6 Å². The number of fused-ring (bicyclic) bond motifs is 1. The van der Waals surface area contributed by atoms with Crippen LogP contribution in [0.3, 0.4) is 0 Å². The maximum atomic E-state index is 13.1. The van der Waals surface area contributed by atoms with Crippen molar-refractivity contribution in [2.45, 2.75) is 19.3 Å². The summed E-state index contributed by atoms with van der Waals surface area (Å²) in [4.78, 5) is 36.5. The number of amides is 2. The zero-order chi connectivity index (χ0) is 21.2. The second-order valence-electron chi connectivity index (χ2n) is 8.07. The van der Waals surface area contributed by atoms with E-state index in [4.69, 9.17) is 9.47 Å². The van der Waals surface area contributed by atoms with Gasteiger partial charge in [0.15, 0.2) is 11.5 Å². The number of hydrogen-bond donors (Lipinski definition) is 0. The van der Waals surface area contributed by atoms with E-state index in [1.54, 1.807) is 24.4 Å². The highest BCUT2D eigenvalue weighted by Crippen LogP contribution is 2.33. The summed E-state index contributed by atoms with van der Waals surface area (Å²) < 4.78 is 10.7. The van der Waals surface area contributed by atoms with Crippen molar-refractivity contribution in [1.29, 1.82) is 0 Å². The predicted octanol–water partition coefficient (Wildman–Crippen LogP) is 2.40. The summed E-state index contributed by atoms with van der Waals surface area (Å²) in [6.45, 7) is 4.22. The lowest BCUT2D eigenvalue weighted by Crippen LogP contribution is -2.49. The number of piperidine rings is 1. The minimum Gasteiger partial charge on any atom is -0.454 e. The second kappa shape index (κ2) is 8.45. The van der Waals surface area contributed by atoms with Gasteiger partial charge in [0.25, 0.3) is 11.8 Å². The third-order valence-electron chi connectivity index (χ3n) is 6.15. The molecule has 8 heteroatoms. The van der Waals surface area contributed by atoms with Crippen LogP contribution in [0.25, 0.3) is 0 Å². The Balaban J connectivity index is 1.27. The van der Waals surface area contributed by atoms with Crippen LogP contribution < -0.4 is 14.4 Å². The third-order valence-corrected chi connectivity index (χ3v) is 6.15. The van der Waals surface area contributed by atoms with Crippen LogP contribution in [0.1, 0.15) is 40.0 Å². The van der Waals surface area contributed by atoms with Gasteiger partial charge in [0, 0.05) is 51.0 Å². The first kappa shape index (κ1) is 19.7. The summed E-state index contributed by atoms with van der Waals surface area (Å²) in [5.41, 5.74) is 1.25. The first-order valence-corrected chi connectivity index (χ1v) is 10.9. The molecule has 0 saturated carbocycles. The number of pyridine rings is 1. The second-order valence-corrected chi connectivity index (χ2v) is 8.07. The zero-order valence-corrected chi connectivity index (χ0v) is 17.5. The number of piperazine rings is 1. The largest absolute Gasteiger partial charge is 0.454 e. The molecule has 2 saturated heterocycles. The lowest BCUT2D eigenvalue weighted by Gasteiger charge is -2.36. The molecule has 2 amide bonds. The molecule has 2 fully saturated rings. The van der Waals surface area contributed by atoms with Gasteiger partial charge in [-0.05, 0) is 49.6 Å². The summed E-state index contributed by atoms with van der Waals surface area (Å²) in [7, 11) is 0. The van der Waals surface area contributed by atoms with Crippen molar-refractivity contribution in [3.8, 4) is 11.5 Å². The summed E-state index contributed by atoms with van der Waals surface area (Å²) in [5.74, 6) is 2.03. The molecule has 1 aromatic carbocycles. The molecule has 0 atom stereocenters. The van der Waals surface area contributed by atoms with Crippen molar-refractivity contribution in [2.75, 3.05) is 51.0 Å². The van der Waals surface area contributed by atoms with Crippen LogP contribution in [0.5, 0.6) is 11.5 Å². The molecule has 4 heterocycles. The van der Waals surface area contributed by atoms with E-state index in [2.05, 4.69) is 9.88 Å². The van der Waals surface area contributed by atoms with E-state index in [0.717, 1.165) is 25.9 Å². The average molecular weight is 422 g/mol. The molecule has 0 aliphatic carbocycles. The summed E-state index contributed by atoms with van der Waals surface area (Å²) in [6.07, 6.45) is 5.03. The highest BCUT2D eigenvalue weighted by atomic mass is 16.7. The van der Waals surface area contributed by atoms with Crippen molar-refractivity contribution < 1.29 is 19.1 Å². The van der Waals surface area contributed by atoms with E-state index in [1.165, 1.54) is 6.42 Å². The molecule has 31 heavy (non-hydrogen) atoms. The monoisotopic (exact) mass is 422 g/mol. The fourth-order valence-corrected chi connectivity index (χ4v) is 4.42. The third kappa shape index (κ3) is 3.89. The number of carbonyl (C=O) groups is 2. The van der Waals surface area contributed by atoms with Crippen LogP contribution in [0.4, 0.5) is 5.82 Å². The highest BCUT2D eigenvalue weighted by molar-refractivity contribution is 5.99. The molecule has 2 aromatic rings. The number of rotatable bonds is 3. The van der Waals surface area contributed by atoms with Crippen LogP contribution >= 0.6 is 0 Å². The van der Waals surface area contributed by atoms with Gasteiger partial charge in [-0.25, -0.2) is 4.98 Å². The van der Waals surface area contributed by atoms with Gasteiger partial charge in [0.05, 0.1) is 5.56 Å². The van der Waals surface area contributed by atoms with Crippen molar-refractivity contribution >= 4 is 17.6 Å². The molecule has 3 aliphatic rings. The molecule has 0 bridgehead atoms. The first-order valence-electron chi connectivity index (χ1n) is 10.9. The Morgan fingerprint density at radius 3 is 2.35 bits per heavy atom. The Bertz CT molecular complexity index is 981. The van der Waals surface area contributed by atoms with E-state index in [-0.39, 0.29) is 18.6 Å². The van der Waals surface area contributed by atoms with Crippen molar-refractivity contribution in [3.63, 3.8) is 0 Å². The number of nitrogens with zero attached hydrogens (tertiary/aromatic N) is 4. The van der Waals surface area contributed by atoms with Gasteiger partial charge in [0.2, 0.25) is 6.79 Å². The maximum absolute atomic E-state index is 13.1. The molecule has 5 rings (SSSR count). The fourth-order valence-electron chi connectivity index (χ4n) is 4.42. The number of aromatic nitrogens is 1. The van der Waals surface area contributed by atoms with Gasteiger partial charge in [-0.2, -0.15) is 0 Å². The topological polar surface area (TPSA) is 75.2 Å². The Morgan fingerprint density at radius 1 is 0.806 bits per heavy atom. The van der Waals surface area contributed by atoms with Crippen molar-refractivity contribution in [3.05, 3.63) is 47.7 Å². The van der Waals surface area contributed by atoms with E-state index in [1.807, 2.05) is 21.9 Å². The van der Waals surface area contributed by atoms with Gasteiger partial charge < -0.3 is 24.2 Å². The summed E-state index contributed by atoms with van der Waals surface area (Å²) >= 11 is 0. The highest BCUT2D eigenvalue weighted by Gasteiger charge is 2.28. The Hall–Kier alpha value is -3.29. The number of ether oxygens (including phenoxy) is 2. The number of hydrogen-bond acceptors (Lipinski definition) is 6. The van der Waals surface area contributed by atoms with E-state index in [9.17, 15) is 9.59 Å². The molecule has 0 unspecified atom stereocenters. The molecule has 8 nitrogen and oxygen atoms in total. The van der Waals surface area contributed by atoms with E-state index < -0.39 is 0 Å². The standard InChI is InChI=1S/C23H26N4O4/c28-22(17-6-7-19-20(15-17)31-16-30-19)27-13-11-25(12-14-27)21-18(5-4-8-24-21)23(29)26-9-2-1-3-10-26/h4-8,15H,1-3,9-14,16H2. The molecule has 1 aromatic heterocycles. The average Bonchev–Trinajstić information content (AvgIpc) is 3.32. The molecular weight excluding hydrogens is 396 g/mol. The molecule has 0 radical (unpaired) electrons. The number of carbonyl (C=O) groups excluding carboxylic acids is 2. The summed E-state index contributed by atoms with van der Waals surface area (Å²) in [5, 5.41) is 0. The molecular formula is C23H26N4O4. The van der Waals surface area contributed by atoms with Gasteiger partial charge in [0.1, 0.15) is 5.82 Å². The van der Waals surface area contributed by atoms with Gasteiger partial charge in [-0.3, -0.25) is 9.59 Å². The number of anilines is 1. The number of benzene rings is 1. The number of likely N-dealkylation sites (tertiary alicyclic amines) is 1. The Morgan fingerprint density at radius 2 is 1.55 bits per heavy atom. The Labute approximate surface area is 181 Å². The van der Waals surface area contributed by atoms with Gasteiger partial charge in [-0.1, -0.05) is 0 Å². The van der Waals surface area contributed by atoms with Gasteiger partial charge >= 0.3 is 0 Å². The Kier molecular flexibility index (Phi) is 5.36. The molecule has 0 N–H and O–H groups in total. The quantitative estimate of drug-likeness (QED) is 0.756. The lowest BCUT2D eigenvalue weighted by atomic mass is 10.1. The summed E-state index contributed by atoms with van der Waals surface area (Å²) in [6, 6.07) is 8.98. The molecule has 0 spiro atoms. The fraction of sp³-hybridized carbons (Fsp3) is 0.435. The predicted molar refractivity (Wildman–Crippen MR) is 115 cm³/mol. The normalized spacial score (nSPS) is 18.3. The molecule has 3 aliphatic heterocycles. The van der Waals surface area contributed by atoms with E-state index >= 15 is 0 Å². The first-order chi connectivity index (χ1) is 15.2. The minimum atomic E-state index is -0.0245. The van der Waals surface area contributed by atoms with Crippen LogP contribution in [0.2, 0.25) is 0 Å². The lowest BCUT2D eigenvalue weighted by molar-refractivity contribution is 0.0717. The zero-order valence-electron chi connectivity index (χ0n) is 17.5. The van der Waals surface area contributed by atoms with Crippen LogP contribution in [0, 0.1) is 0 Å². The van der Waals surface area contributed by atoms with Gasteiger partial charge in [-0.15, -0.1) is 0 Å². The maximum Gasteiger partial charge on any atom is 0.257 e. The SMILES string of the molecule is O=C(c1ccc2c(c1)OCO2)N1CCN(c2ncccc2C(=O)N2CCCCC2)CC1. The smallest absolute Gasteiger partial charge is 0.257 e. The van der Waals surface area contributed by atoms with Crippen LogP contribution in [-0.4, -0.2) is 72.7 Å². The van der Waals surface area contributed by atoms with Crippen LogP contribution in [0.15, 0.2) is 36.5 Å². The molecule has 162 valence electrons. The van der Waals surface area contributed by atoms with Crippen molar-refractivity contribution in [2.24, 2.45) is 0 Å². The van der Waals surface area contributed by atoms with Crippen molar-refractivity contribution in [1.82, 2.24) is 14.8 Å². The van der Waals surface area contributed by atoms with Crippen LogP contribution in [-0.2, 0) is 0 Å². The minimum absolute atomic E-state index is 0.0245.